The van der Waals surface area contributed by atoms with Crippen LogP contribution in [-0.4, -0.2) is 9.97 Å². The lowest BCUT2D eigenvalue weighted by Gasteiger charge is -2.09. The summed E-state index contributed by atoms with van der Waals surface area (Å²) in [4.78, 5) is 8.13. The average molecular weight is 332 g/mol. The van der Waals surface area contributed by atoms with Gasteiger partial charge in [-0.1, -0.05) is 11.6 Å². The fourth-order valence-electron chi connectivity index (χ4n) is 1.32. The molecule has 0 N–H and O–H groups in total. The van der Waals surface area contributed by atoms with Crippen LogP contribution in [-0.2, 0) is 0 Å². The maximum Gasteiger partial charge on any atom is 0.226 e. The van der Waals surface area contributed by atoms with E-state index in [1.165, 1.54) is 6.07 Å². The van der Waals surface area contributed by atoms with Crippen molar-refractivity contribution in [2.75, 3.05) is 0 Å². The SMILES string of the molecule is Cc1nc(Cl)c(C)c(Oc2ccc(Br)c(F)c2)n1. The summed E-state index contributed by atoms with van der Waals surface area (Å²) in [6.07, 6.45) is 0. The minimum Gasteiger partial charge on any atom is -0.438 e. The lowest BCUT2D eigenvalue weighted by molar-refractivity contribution is 0.450. The molecule has 6 heteroatoms. The predicted octanol–water partition coefficient (Wildman–Crippen LogP) is 4.44. The summed E-state index contributed by atoms with van der Waals surface area (Å²) in [5, 5.41) is 0.329. The molecule has 18 heavy (non-hydrogen) atoms. The molecule has 0 aliphatic rings. The van der Waals surface area contributed by atoms with Crippen molar-refractivity contribution in [3.05, 3.63) is 45.0 Å². The number of aryl methyl sites for hydroxylation is 1. The summed E-state index contributed by atoms with van der Waals surface area (Å²) >= 11 is 9.00. The van der Waals surface area contributed by atoms with E-state index in [2.05, 4.69) is 25.9 Å². The minimum absolute atomic E-state index is 0.328. The van der Waals surface area contributed by atoms with Crippen molar-refractivity contribution in [1.82, 2.24) is 9.97 Å². The van der Waals surface area contributed by atoms with E-state index in [4.69, 9.17) is 16.3 Å². The molecule has 0 unspecified atom stereocenters. The molecule has 2 aromatic rings. The van der Waals surface area contributed by atoms with Crippen LogP contribution in [0.2, 0.25) is 5.15 Å². The van der Waals surface area contributed by atoms with Crippen LogP contribution in [0.4, 0.5) is 4.39 Å². The third-order valence-electron chi connectivity index (χ3n) is 2.26. The number of hydrogen-bond acceptors (Lipinski definition) is 3. The Morgan fingerprint density at radius 1 is 1.28 bits per heavy atom. The Bertz CT molecular complexity index is 607. The molecule has 0 atom stereocenters. The van der Waals surface area contributed by atoms with Crippen molar-refractivity contribution < 1.29 is 9.13 Å². The summed E-state index contributed by atoms with van der Waals surface area (Å²) < 4.78 is 19.2. The molecule has 2 rings (SSSR count). The van der Waals surface area contributed by atoms with Gasteiger partial charge in [0.25, 0.3) is 0 Å². The largest absolute Gasteiger partial charge is 0.438 e. The summed E-state index contributed by atoms with van der Waals surface area (Å²) in [7, 11) is 0. The maximum atomic E-state index is 13.4. The Labute approximate surface area is 117 Å². The molecule has 94 valence electrons. The van der Waals surface area contributed by atoms with Crippen molar-refractivity contribution in [2.45, 2.75) is 13.8 Å². The van der Waals surface area contributed by atoms with E-state index >= 15 is 0 Å². The Morgan fingerprint density at radius 2 is 2.00 bits per heavy atom. The molecule has 1 heterocycles. The highest BCUT2D eigenvalue weighted by atomic mass is 79.9. The fraction of sp³-hybridized carbons (Fsp3) is 0.167. The van der Waals surface area contributed by atoms with Crippen LogP contribution < -0.4 is 4.74 Å². The number of aromatic nitrogens is 2. The first-order chi connectivity index (χ1) is 8.47. The number of rotatable bonds is 2. The van der Waals surface area contributed by atoms with Gasteiger partial charge in [-0.3, -0.25) is 0 Å². The van der Waals surface area contributed by atoms with E-state index in [9.17, 15) is 4.39 Å². The van der Waals surface area contributed by atoms with Gasteiger partial charge in [0.05, 0.1) is 4.47 Å². The number of nitrogens with zero attached hydrogens (tertiary/aromatic N) is 2. The summed E-state index contributed by atoms with van der Waals surface area (Å²) in [5.74, 6) is 0.780. The van der Waals surface area contributed by atoms with E-state index in [1.54, 1.807) is 26.0 Å². The molecule has 0 spiro atoms. The number of benzene rings is 1. The van der Waals surface area contributed by atoms with Crippen LogP contribution in [0.15, 0.2) is 22.7 Å². The van der Waals surface area contributed by atoms with Gasteiger partial charge < -0.3 is 4.74 Å². The molecule has 1 aromatic heterocycles. The molecule has 0 aliphatic heterocycles. The molecule has 0 bridgehead atoms. The summed E-state index contributed by atoms with van der Waals surface area (Å²) in [6.45, 7) is 3.45. The second kappa shape index (κ2) is 5.20. The molecule has 0 saturated heterocycles. The Balaban J connectivity index is 2.36. The first kappa shape index (κ1) is 13.2. The lowest BCUT2D eigenvalue weighted by Crippen LogP contribution is -1.97. The van der Waals surface area contributed by atoms with Crippen LogP contribution in [0.25, 0.3) is 0 Å². The predicted molar refractivity (Wildman–Crippen MR) is 70.7 cm³/mol. The standard InChI is InChI=1S/C12H9BrClFN2O/c1-6-11(14)16-7(2)17-12(6)18-8-3-4-9(13)10(15)5-8/h3-5H,1-2H3. The van der Waals surface area contributed by atoms with Crippen molar-refractivity contribution in [3.8, 4) is 11.6 Å². The third-order valence-corrected chi connectivity index (χ3v) is 3.27. The van der Waals surface area contributed by atoms with Gasteiger partial charge in [0.15, 0.2) is 0 Å². The van der Waals surface area contributed by atoms with Crippen molar-refractivity contribution >= 4 is 27.5 Å². The summed E-state index contributed by atoms with van der Waals surface area (Å²) in [5.41, 5.74) is 0.616. The van der Waals surface area contributed by atoms with E-state index in [0.717, 1.165) is 0 Å². The average Bonchev–Trinajstić information content (AvgIpc) is 2.30. The minimum atomic E-state index is -0.401. The second-order valence-electron chi connectivity index (χ2n) is 3.67. The highest BCUT2D eigenvalue weighted by molar-refractivity contribution is 9.10. The van der Waals surface area contributed by atoms with Crippen molar-refractivity contribution in [1.29, 1.82) is 0 Å². The van der Waals surface area contributed by atoms with Gasteiger partial charge >= 0.3 is 0 Å². The maximum absolute atomic E-state index is 13.4. The van der Waals surface area contributed by atoms with Crippen LogP contribution >= 0.6 is 27.5 Å². The monoisotopic (exact) mass is 330 g/mol. The Kier molecular flexibility index (Phi) is 3.82. The van der Waals surface area contributed by atoms with Crippen LogP contribution in [0.5, 0.6) is 11.6 Å². The van der Waals surface area contributed by atoms with Crippen LogP contribution in [0.1, 0.15) is 11.4 Å². The number of ether oxygens (including phenoxy) is 1. The third kappa shape index (κ3) is 2.79. The Hall–Kier alpha value is -1.20. The highest BCUT2D eigenvalue weighted by Crippen LogP contribution is 2.28. The zero-order valence-corrected chi connectivity index (χ0v) is 12.0. The zero-order chi connectivity index (χ0) is 13.3. The van der Waals surface area contributed by atoms with Gasteiger partial charge in [0.2, 0.25) is 5.88 Å². The van der Waals surface area contributed by atoms with Gasteiger partial charge in [-0.2, -0.15) is 4.98 Å². The van der Waals surface area contributed by atoms with E-state index in [1.807, 2.05) is 0 Å². The van der Waals surface area contributed by atoms with Crippen molar-refractivity contribution in [2.24, 2.45) is 0 Å². The Morgan fingerprint density at radius 3 is 2.67 bits per heavy atom. The molecular weight excluding hydrogens is 322 g/mol. The van der Waals surface area contributed by atoms with Gasteiger partial charge in [0.1, 0.15) is 22.5 Å². The van der Waals surface area contributed by atoms with Gasteiger partial charge in [-0.25, -0.2) is 9.37 Å². The van der Waals surface area contributed by atoms with E-state index in [0.29, 0.717) is 32.6 Å². The van der Waals surface area contributed by atoms with Gasteiger partial charge in [0, 0.05) is 11.6 Å². The molecule has 1 aromatic carbocycles. The molecule has 0 radical (unpaired) electrons. The van der Waals surface area contributed by atoms with E-state index in [-0.39, 0.29) is 0 Å². The zero-order valence-electron chi connectivity index (χ0n) is 9.67. The molecule has 3 nitrogen and oxygen atoms in total. The molecule has 0 fully saturated rings. The highest BCUT2D eigenvalue weighted by Gasteiger charge is 2.10. The molecular formula is C12H9BrClFN2O. The second-order valence-corrected chi connectivity index (χ2v) is 4.88. The van der Waals surface area contributed by atoms with Crippen LogP contribution in [0, 0.1) is 19.7 Å². The molecule has 0 saturated carbocycles. The first-order valence-electron chi connectivity index (χ1n) is 5.11. The molecule has 0 aliphatic carbocycles. The normalized spacial score (nSPS) is 10.5. The van der Waals surface area contributed by atoms with Crippen LogP contribution in [0.3, 0.4) is 0 Å². The smallest absolute Gasteiger partial charge is 0.226 e. The quantitative estimate of drug-likeness (QED) is 0.763. The molecule has 0 amide bonds. The van der Waals surface area contributed by atoms with Gasteiger partial charge in [-0.05, 0) is 41.9 Å². The first-order valence-corrected chi connectivity index (χ1v) is 6.28. The summed E-state index contributed by atoms with van der Waals surface area (Å²) in [6, 6.07) is 4.47. The number of halogens is 3. The van der Waals surface area contributed by atoms with E-state index < -0.39 is 5.82 Å². The fourth-order valence-corrected chi connectivity index (χ4v) is 1.77. The lowest BCUT2D eigenvalue weighted by atomic mass is 10.3. The topological polar surface area (TPSA) is 35.0 Å². The van der Waals surface area contributed by atoms with Gasteiger partial charge in [-0.15, -0.1) is 0 Å². The number of hydrogen-bond donors (Lipinski definition) is 0. The van der Waals surface area contributed by atoms with Crippen molar-refractivity contribution in [3.63, 3.8) is 0 Å².